The first-order valence-corrected chi connectivity index (χ1v) is 9.53. The van der Waals surface area contributed by atoms with Crippen LogP contribution in [0.25, 0.3) is 0 Å². The highest BCUT2D eigenvalue weighted by Crippen LogP contribution is 2.24. The Bertz CT molecular complexity index is 994. The van der Waals surface area contributed by atoms with Gasteiger partial charge in [0.1, 0.15) is 18.1 Å². The predicted octanol–water partition coefficient (Wildman–Crippen LogP) is 5.10. The summed E-state index contributed by atoms with van der Waals surface area (Å²) in [7, 11) is 0. The molecular weight excluding hydrogens is 411 g/mol. The highest BCUT2D eigenvalue weighted by atomic mass is 35.5. The number of hydrogen-bond donors (Lipinski definition) is 1. The van der Waals surface area contributed by atoms with Gasteiger partial charge in [0.25, 0.3) is 5.91 Å². The van der Waals surface area contributed by atoms with E-state index in [1.807, 2.05) is 48.5 Å². The van der Waals surface area contributed by atoms with Crippen LogP contribution in [0.15, 0.2) is 77.9 Å². The lowest BCUT2D eigenvalue weighted by atomic mass is 10.2. The van der Waals surface area contributed by atoms with Crippen LogP contribution in [0, 0.1) is 0 Å². The van der Waals surface area contributed by atoms with Gasteiger partial charge in [-0.1, -0.05) is 59.6 Å². The number of nitrogens with zero attached hydrogens (tertiary/aromatic N) is 1. The standard InChI is InChI=1S/C22H18Cl2N2O3/c23-19-11-10-16(12-20(19)24)14-29-21-9-5-4-6-17(21)13-25-26-22(27)15-28-18-7-2-1-3-8-18/h1-13H,14-15H2,(H,26,27)/b25-13+. The minimum Gasteiger partial charge on any atom is -0.488 e. The predicted molar refractivity (Wildman–Crippen MR) is 115 cm³/mol. The first kappa shape index (κ1) is 20.7. The molecule has 0 aliphatic heterocycles. The van der Waals surface area contributed by atoms with Crippen LogP contribution in [0.4, 0.5) is 0 Å². The lowest BCUT2D eigenvalue weighted by Gasteiger charge is -2.09. The van der Waals surface area contributed by atoms with Crippen LogP contribution >= 0.6 is 23.2 Å². The van der Waals surface area contributed by atoms with Crippen LogP contribution in [-0.2, 0) is 11.4 Å². The van der Waals surface area contributed by atoms with E-state index in [0.29, 0.717) is 28.2 Å². The number of halogens is 2. The quantitative estimate of drug-likeness (QED) is 0.400. The Morgan fingerprint density at radius 1 is 0.931 bits per heavy atom. The SMILES string of the molecule is O=C(COc1ccccc1)N/N=C/c1ccccc1OCc1ccc(Cl)c(Cl)c1. The van der Waals surface area contributed by atoms with Crippen molar-refractivity contribution in [1.82, 2.24) is 5.43 Å². The van der Waals surface area contributed by atoms with Crippen molar-refractivity contribution < 1.29 is 14.3 Å². The highest BCUT2D eigenvalue weighted by Gasteiger charge is 2.05. The number of nitrogens with one attached hydrogen (secondary N) is 1. The second kappa shape index (κ2) is 10.5. The summed E-state index contributed by atoms with van der Waals surface area (Å²) in [6.07, 6.45) is 1.52. The third kappa shape index (κ3) is 6.52. The minimum absolute atomic E-state index is 0.128. The molecule has 7 heteroatoms. The van der Waals surface area contributed by atoms with E-state index in [9.17, 15) is 4.79 Å². The van der Waals surface area contributed by atoms with E-state index in [1.165, 1.54) is 6.21 Å². The summed E-state index contributed by atoms with van der Waals surface area (Å²) < 4.78 is 11.2. The second-order valence-electron chi connectivity index (χ2n) is 5.97. The van der Waals surface area contributed by atoms with Crippen molar-refractivity contribution in [3.05, 3.63) is 94.0 Å². The maximum Gasteiger partial charge on any atom is 0.277 e. The van der Waals surface area contributed by atoms with E-state index < -0.39 is 0 Å². The van der Waals surface area contributed by atoms with Crippen molar-refractivity contribution in [2.75, 3.05) is 6.61 Å². The molecule has 3 aromatic carbocycles. The molecule has 5 nitrogen and oxygen atoms in total. The largest absolute Gasteiger partial charge is 0.488 e. The summed E-state index contributed by atoms with van der Waals surface area (Å²) in [6, 6.07) is 21.8. The average Bonchev–Trinajstić information content (AvgIpc) is 2.74. The number of hydrazone groups is 1. The maximum atomic E-state index is 11.9. The number of benzene rings is 3. The van der Waals surface area contributed by atoms with Gasteiger partial charge in [0, 0.05) is 5.56 Å². The van der Waals surface area contributed by atoms with Crippen molar-refractivity contribution in [1.29, 1.82) is 0 Å². The zero-order chi connectivity index (χ0) is 20.5. The average molecular weight is 429 g/mol. The molecule has 0 aromatic heterocycles. The molecule has 1 amide bonds. The van der Waals surface area contributed by atoms with Crippen LogP contribution < -0.4 is 14.9 Å². The number of hydrogen-bond acceptors (Lipinski definition) is 4. The highest BCUT2D eigenvalue weighted by molar-refractivity contribution is 6.42. The van der Waals surface area contributed by atoms with Gasteiger partial charge in [-0.05, 0) is 42.0 Å². The first-order chi connectivity index (χ1) is 14.1. The first-order valence-electron chi connectivity index (χ1n) is 8.77. The van der Waals surface area contributed by atoms with Crippen LogP contribution in [0.5, 0.6) is 11.5 Å². The molecule has 0 bridgehead atoms. The fourth-order valence-corrected chi connectivity index (χ4v) is 2.70. The Hall–Kier alpha value is -3.02. The van der Waals surface area contributed by atoms with Crippen molar-refractivity contribution in [2.45, 2.75) is 6.61 Å². The summed E-state index contributed by atoms with van der Waals surface area (Å²) in [6.45, 7) is 0.190. The van der Waals surface area contributed by atoms with E-state index in [0.717, 1.165) is 11.1 Å². The Balaban J connectivity index is 1.54. The van der Waals surface area contributed by atoms with E-state index in [4.69, 9.17) is 32.7 Å². The number of para-hydroxylation sites is 2. The fourth-order valence-electron chi connectivity index (χ4n) is 2.38. The molecule has 0 aliphatic rings. The molecule has 3 rings (SSSR count). The van der Waals surface area contributed by atoms with Gasteiger partial charge in [-0.3, -0.25) is 4.79 Å². The number of carbonyl (C=O) groups excluding carboxylic acids is 1. The molecule has 0 heterocycles. The number of ether oxygens (including phenoxy) is 2. The number of amides is 1. The van der Waals surface area contributed by atoms with Crippen LogP contribution in [0.2, 0.25) is 10.0 Å². The topological polar surface area (TPSA) is 59.9 Å². The lowest BCUT2D eigenvalue weighted by Crippen LogP contribution is -2.24. The van der Waals surface area contributed by atoms with Gasteiger partial charge in [-0.25, -0.2) is 5.43 Å². The molecular formula is C22H18Cl2N2O3. The summed E-state index contributed by atoms with van der Waals surface area (Å²) in [5.41, 5.74) is 4.04. The molecule has 148 valence electrons. The van der Waals surface area contributed by atoms with Gasteiger partial charge in [-0.15, -0.1) is 0 Å². The number of rotatable bonds is 8. The summed E-state index contributed by atoms with van der Waals surface area (Å²) in [5.74, 6) is 0.879. The van der Waals surface area contributed by atoms with Gasteiger partial charge in [0.15, 0.2) is 6.61 Å². The van der Waals surface area contributed by atoms with E-state index in [2.05, 4.69) is 10.5 Å². The molecule has 0 saturated carbocycles. The minimum atomic E-state index is -0.362. The summed E-state index contributed by atoms with van der Waals surface area (Å²) in [4.78, 5) is 11.9. The molecule has 0 unspecified atom stereocenters. The van der Waals surface area contributed by atoms with Crippen molar-refractivity contribution in [2.24, 2.45) is 5.10 Å². The van der Waals surface area contributed by atoms with E-state index >= 15 is 0 Å². The monoisotopic (exact) mass is 428 g/mol. The fraction of sp³-hybridized carbons (Fsp3) is 0.0909. The van der Waals surface area contributed by atoms with Crippen molar-refractivity contribution in [3.63, 3.8) is 0 Å². The Kier molecular flexibility index (Phi) is 7.50. The van der Waals surface area contributed by atoms with Gasteiger partial charge in [0.05, 0.1) is 16.3 Å². The van der Waals surface area contributed by atoms with Crippen molar-refractivity contribution in [3.8, 4) is 11.5 Å². The lowest BCUT2D eigenvalue weighted by molar-refractivity contribution is -0.123. The smallest absolute Gasteiger partial charge is 0.277 e. The van der Waals surface area contributed by atoms with E-state index in [1.54, 1.807) is 24.3 Å². The zero-order valence-electron chi connectivity index (χ0n) is 15.3. The molecule has 1 N–H and O–H groups in total. The second-order valence-corrected chi connectivity index (χ2v) is 6.78. The van der Waals surface area contributed by atoms with Crippen LogP contribution in [-0.4, -0.2) is 18.7 Å². The van der Waals surface area contributed by atoms with Crippen LogP contribution in [0.3, 0.4) is 0 Å². The van der Waals surface area contributed by atoms with Crippen molar-refractivity contribution >= 4 is 35.3 Å². The summed E-state index contributed by atoms with van der Waals surface area (Å²) in [5, 5.41) is 4.94. The third-order valence-corrected chi connectivity index (χ3v) is 4.54. The molecule has 0 saturated heterocycles. The van der Waals surface area contributed by atoms with Gasteiger partial charge < -0.3 is 9.47 Å². The molecule has 0 atom stereocenters. The maximum absolute atomic E-state index is 11.9. The third-order valence-electron chi connectivity index (χ3n) is 3.80. The number of carbonyl (C=O) groups is 1. The summed E-state index contributed by atoms with van der Waals surface area (Å²) >= 11 is 12.0. The Morgan fingerprint density at radius 2 is 1.69 bits per heavy atom. The van der Waals surface area contributed by atoms with Gasteiger partial charge in [-0.2, -0.15) is 5.10 Å². The molecule has 0 fully saturated rings. The normalized spacial score (nSPS) is 10.7. The van der Waals surface area contributed by atoms with E-state index in [-0.39, 0.29) is 12.5 Å². The zero-order valence-corrected chi connectivity index (χ0v) is 16.9. The molecule has 0 spiro atoms. The molecule has 0 radical (unpaired) electrons. The molecule has 0 aliphatic carbocycles. The van der Waals surface area contributed by atoms with Crippen LogP contribution in [0.1, 0.15) is 11.1 Å². The van der Waals surface area contributed by atoms with Gasteiger partial charge >= 0.3 is 0 Å². The Morgan fingerprint density at radius 3 is 2.48 bits per heavy atom. The Labute approximate surface area is 178 Å². The molecule has 3 aromatic rings. The van der Waals surface area contributed by atoms with Gasteiger partial charge in [0.2, 0.25) is 0 Å². The molecule has 29 heavy (non-hydrogen) atoms.